The summed E-state index contributed by atoms with van der Waals surface area (Å²) in [6.07, 6.45) is 3.90. The number of likely N-dealkylation sites (tertiary alicyclic amines) is 1. The van der Waals surface area contributed by atoms with Gasteiger partial charge < -0.3 is 16.0 Å². The van der Waals surface area contributed by atoms with Crippen molar-refractivity contribution in [1.82, 2.24) is 20.0 Å². The Morgan fingerprint density at radius 1 is 1.50 bits per heavy atom. The second-order valence-electron chi connectivity index (χ2n) is 6.09. The normalized spacial score (nSPS) is 18.9. The molecular formula is C14H25N5O. The number of hydrogen-bond acceptors (Lipinski definition) is 4. The number of amides is 1. The maximum Gasteiger partial charge on any atom is 0.273 e. The molecule has 1 saturated heterocycles. The van der Waals surface area contributed by atoms with Gasteiger partial charge in [-0.2, -0.15) is 5.10 Å². The van der Waals surface area contributed by atoms with E-state index in [9.17, 15) is 4.79 Å². The fraction of sp³-hybridized carbons (Fsp3) is 0.714. The van der Waals surface area contributed by atoms with Crippen LogP contribution in [0.5, 0.6) is 0 Å². The zero-order valence-electron chi connectivity index (χ0n) is 12.6. The molecule has 20 heavy (non-hydrogen) atoms. The third-order valence-corrected chi connectivity index (χ3v) is 4.20. The van der Waals surface area contributed by atoms with Crippen molar-refractivity contribution in [2.45, 2.75) is 33.2 Å². The molecule has 0 aromatic carbocycles. The zero-order valence-corrected chi connectivity index (χ0v) is 12.6. The Labute approximate surface area is 120 Å². The van der Waals surface area contributed by atoms with E-state index in [-0.39, 0.29) is 11.3 Å². The Morgan fingerprint density at radius 3 is 2.70 bits per heavy atom. The first-order valence-electron chi connectivity index (χ1n) is 7.23. The number of aryl methyl sites for hydroxylation is 1. The number of nitrogen functional groups attached to an aromatic ring is 1. The smallest absolute Gasteiger partial charge is 0.273 e. The first-order valence-corrected chi connectivity index (χ1v) is 7.23. The Kier molecular flexibility index (Phi) is 4.32. The SMILES string of the molecule is CCn1cc(N)c(C(=O)NCC2(C)CCN(C)CC2)n1. The van der Waals surface area contributed by atoms with Crippen LogP contribution >= 0.6 is 0 Å². The predicted octanol–water partition coefficient (Wildman–Crippen LogP) is 0.947. The van der Waals surface area contributed by atoms with Crippen molar-refractivity contribution in [3.8, 4) is 0 Å². The highest BCUT2D eigenvalue weighted by atomic mass is 16.2. The van der Waals surface area contributed by atoms with Crippen molar-refractivity contribution in [2.75, 3.05) is 32.4 Å². The lowest BCUT2D eigenvalue weighted by atomic mass is 9.80. The van der Waals surface area contributed by atoms with Gasteiger partial charge in [-0.15, -0.1) is 0 Å². The molecule has 0 bridgehead atoms. The highest BCUT2D eigenvalue weighted by Crippen LogP contribution is 2.29. The minimum absolute atomic E-state index is 0.171. The van der Waals surface area contributed by atoms with Gasteiger partial charge in [0.05, 0.1) is 5.69 Å². The highest BCUT2D eigenvalue weighted by Gasteiger charge is 2.29. The van der Waals surface area contributed by atoms with E-state index in [0.29, 0.717) is 24.5 Å². The molecule has 0 unspecified atom stereocenters. The third-order valence-electron chi connectivity index (χ3n) is 4.20. The van der Waals surface area contributed by atoms with Crippen LogP contribution < -0.4 is 11.1 Å². The van der Waals surface area contributed by atoms with Gasteiger partial charge in [0.1, 0.15) is 0 Å². The predicted molar refractivity (Wildman–Crippen MR) is 79.5 cm³/mol. The van der Waals surface area contributed by atoms with Gasteiger partial charge in [-0.25, -0.2) is 0 Å². The van der Waals surface area contributed by atoms with E-state index in [4.69, 9.17) is 5.73 Å². The van der Waals surface area contributed by atoms with Crippen LogP contribution in [0.15, 0.2) is 6.20 Å². The van der Waals surface area contributed by atoms with Crippen LogP contribution in [0.4, 0.5) is 5.69 Å². The molecular weight excluding hydrogens is 254 g/mol. The summed E-state index contributed by atoms with van der Waals surface area (Å²) >= 11 is 0. The van der Waals surface area contributed by atoms with Crippen molar-refractivity contribution >= 4 is 11.6 Å². The summed E-state index contributed by atoms with van der Waals surface area (Å²) in [7, 11) is 2.14. The summed E-state index contributed by atoms with van der Waals surface area (Å²) in [6, 6.07) is 0. The van der Waals surface area contributed by atoms with E-state index in [2.05, 4.69) is 29.3 Å². The van der Waals surface area contributed by atoms with Gasteiger partial charge in [0.2, 0.25) is 0 Å². The summed E-state index contributed by atoms with van der Waals surface area (Å²) < 4.78 is 1.68. The molecule has 2 rings (SSSR count). The van der Waals surface area contributed by atoms with Crippen molar-refractivity contribution in [1.29, 1.82) is 0 Å². The van der Waals surface area contributed by atoms with Crippen LogP contribution in [0.25, 0.3) is 0 Å². The van der Waals surface area contributed by atoms with E-state index in [0.717, 1.165) is 25.9 Å². The Balaban J connectivity index is 1.93. The first kappa shape index (κ1) is 14.8. The van der Waals surface area contributed by atoms with Gasteiger partial charge in [-0.1, -0.05) is 6.92 Å². The van der Waals surface area contributed by atoms with Crippen molar-refractivity contribution in [2.24, 2.45) is 5.41 Å². The number of carbonyl (C=O) groups excluding carboxylic acids is 1. The third kappa shape index (κ3) is 3.30. The van der Waals surface area contributed by atoms with Gasteiger partial charge in [0.25, 0.3) is 5.91 Å². The van der Waals surface area contributed by atoms with Crippen LogP contribution in [0, 0.1) is 5.41 Å². The summed E-state index contributed by atoms with van der Waals surface area (Å²) in [5, 5.41) is 7.19. The highest BCUT2D eigenvalue weighted by molar-refractivity contribution is 5.97. The van der Waals surface area contributed by atoms with E-state index < -0.39 is 0 Å². The molecule has 6 heteroatoms. The zero-order chi connectivity index (χ0) is 14.8. The second kappa shape index (κ2) is 5.83. The summed E-state index contributed by atoms with van der Waals surface area (Å²) in [5.41, 5.74) is 6.78. The van der Waals surface area contributed by atoms with Gasteiger partial charge in [0, 0.05) is 19.3 Å². The number of aromatic nitrogens is 2. The molecule has 0 spiro atoms. The van der Waals surface area contributed by atoms with Gasteiger partial charge in [-0.3, -0.25) is 9.48 Å². The van der Waals surface area contributed by atoms with E-state index in [1.807, 2.05) is 6.92 Å². The number of carbonyl (C=O) groups is 1. The number of hydrogen-bond donors (Lipinski definition) is 2. The number of piperidine rings is 1. The molecule has 1 aromatic heterocycles. The Hall–Kier alpha value is -1.56. The fourth-order valence-electron chi connectivity index (χ4n) is 2.49. The molecule has 0 atom stereocenters. The molecule has 1 amide bonds. The lowest BCUT2D eigenvalue weighted by molar-refractivity contribution is 0.0887. The van der Waals surface area contributed by atoms with Crippen LogP contribution in [0.1, 0.15) is 37.2 Å². The van der Waals surface area contributed by atoms with Gasteiger partial charge in [0.15, 0.2) is 5.69 Å². The quantitative estimate of drug-likeness (QED) is 0.860. The number of nitrogens with zero attached hydrogens (tertiary/aromatic N) is 3. The van der Waals surface area contributed by atoms with Crippen molar-refractivity contribution < 1.29 is 4.79 Å². The Bertz CT molecular complexity index is 474. The van der Waals surface area contributed by atoms with Crippen molar-refractivity contribution in [3.05, 3.63) is 11.9 Å². The number of rotatable bonds is 4. The molecule has 0 radical (unpaired) electrons. The number of anilines is 1. The van der Waals surface area contributed by atoms with Crippen LogP contribution in [0.3, 0.4) is 0 Å². The monoisotopic (exact) mass is 279 g/mol. The first-order chi connectivity index (χ1) is 9.43. The summed E-state index contributed by atoms with van der Waals surface area (Å²) in [5.74, 6) is -0.171. The second-order valence-corrected chi connectivity index (χ2v) is 6.09. The standard InChI is InChI=1S/C14H25N5O/c1-4-19-9-11(15)12(17-19)13(20)16-10-14(2)5-7-18(3)8-6-14/h9H,4-8,10,15H2,1-3H3,(H,16,20). The molecule has 112 valence electrons. The maximum absolute atomic E-state index is 12.2. The molecule has 2 heterocycles. The Morgan fingerprint density at radius 2 is 2.15 bits per heavy atom. The number of nitrogens with two attached hydrogens (primary N) is 1. The lowest BCUT2D eigenvalue weighted by Crippen LogP contribution is -2.43. The minimum Gasteiger partial charge on any atom is -0.396 e. The molecule has 0 saturated carbocycles. The van der Waals surface area contributed by atoms with Crippen molar-refractivity contribution in [3.63, 3.8) is 0 Å². The molecule has 0 aliphatic carbocycles. The molecule has 1 aromatic rings. The lowest BCUT2D eigenvalue weighted by Gasteiger charge is -2.37. The summed E-state index contributed by atoms with van der Waals surface area (Å²) in [6.45, 7) is 7.75. The average molecular weight is 279 g/mol. The van der Waals surface area contributed by atoms with E-state index in [1.54, 1.807) is 10.9 Å². The molecule has 1 aliphatic heterocycles. The van der Waals surface area contributed by atoms with E-state index in [1.165, 1.54) is 0 Å². The minimum atomic E-state index is -0.171. The van der Waals surface area contributed by atoms with E-state index >= 15 is 0 Å². The average Bonchev–Trinajstić information content (AvgIpc) is 2.81. The maximum atomic E-state index is 12.2. The molecule has 6 nitrogen and oxygen atoms in total. The molecule has 1 aliphatic rings. The van der Waals surface area contributed by atoms with Gasteiger partial charge >= 0.3 is 0 Å². The largest absolute Gasteiger partial charge is 0.396 e. The fourth-order valence-corrected chi connectivity index (χ4v) is 2.49. The van der Waals surface area contributed by atoms with Crippen LogP contribution in [0.2, 0.25) is 0 Å². The molecule has 3 N–H and O–H groups in total. The van der Waals surface area contributed by atoms with Crippen LogP contribution in [-0.2, 0) is 6.54 Å². The molecule has 1 fully saturated rings. The van der Waals surface area contributed by atoms with Gasteiger partial charge in [-0.05, 0) is 45.3 Å². The number of nitrogens with one attached hydrogen (secondary N) is 1. The summed E-state index contributed by atoms with van der Waals surface area (Å²) in [4.78, 5) is 14.5. The van der Waals surface area contributed by atoms with Crippen LogP contribution in [-0.4, -0.2) is 47.3 Å². The topological polar surface area (TPSA) is 76.2 Å².